The summed E-state index contributed by atoms with van der Waals surface area (Å²) < 4.78 is 6.17. The molecule has 1 N–H and O–H groups in total. The molecule has 0 bridgehead atoms. The van der Waals surface area contributed by atoms with E-state index in [1.807, 2.05) is 12.1 Å². The van der Waals surface area contributed by atoms with Crippen LogP contribution in [0.15, 0.2) is 82.6 Å². The Morgan fingerprint density at radius 1 is 0.680 bits per heavy atom. The number of nitrogens with one attached hydrogen (secondary N) is 1. The van der Waals surface area contributed by atoms with Gasteiger partial charge in [0.05, 0.1) is 15.3 Å². The second kappa shape index (κ2) is 4.80. The number of hydrogen-bond acceptors (Lipinski definition) is 2. The zero-order chi connectivity index (χ0) is 16.4. The van der Waals surface area contributed by atoms with Crippen LogP contribution in [0.4, 0.5) is 0 Å². The SMILES string of the molecule is c1ccc2c(c1)Oc1cc3c(ccc4c5ccccc5[nH]c34)cc1S2. The predicted molar refractivity (Wildman–Crippen MR) is 104 cm³/mol. The smallest absolute Gasteiger partial charge is 0.142 e. The van der Waals surface area contributed by atoms with E-state index in [0.717, 1.165) is 11.5 Å². The monoisotopic (exact) mass is 339 g/mol. The van der Waals surface area contributed by atoms with Crippen LogP contribution in [0.1, 0.15) is 0 Å². The summed E-state index contributed by atoms with van der Waals surface area (Å²) in [6, 6.07) is 25.5. The lowest BCUT2D eigenvalue weighted by Gasteiger charge is -2.20. The molecule has 0 atom stereocenters. The molecule has 0 saturated heterocycles. The third-order valence-corrected chi connectivity index (χ3v) is 5.95. The van der Waals surface area contributed by atoms with Gasteiger partial charge in [0, 0.05) is 21.7 Å². The van der Waals surface area contributed by atoms with Gasteiger partial charge in [0.15, 0.2) is 0 Å². The molecular formula is C22H13NOS. The van der Waals surface area contributed by atoms with Crippen LogP contribution >= 0.6 is 11.8 Å². The van der Waals surface area contributed by atoms with E-state index in [2.05, 4.69) is 65.6 Å². The summed E-state index contributed by atoms with van der Waals surface area (Å²) in [6.07, 6.45) is 0. The van der Waals surface area contributed by atoms with Crippen molar-refractivity contribution in [2.45, 2.75) is 9.79 Å². The number of fused-ring (bicyclic) bond motifs is 7. The van der Waals surface area contributed by atoms with Gasteiger partial charge >= 0.3 is 0 Å². The molecule has 1 aromatic heterocycles. The first-order valence-electron chi connectivity index (χ1n) is 8.29. The number of hydrogen-bond donors (Lipinski definition) is 1. The quantitative estimate of drug-likeness (QED) is 0.332. The van der Waals surface area contributed by atoms with Gasteiger partial charge in [-0.25, -0.2) is 0 Å². The van der Waals surface area contributed by atoms with Gasteiger partial charge in [-0.2, -0.15) is 0 Å². The highest BCUT2D eigenvalue weighted by molar-refractivity contribution is 7.99. The van der Waals surface area contributed by atoms with Crippen LogP contribution in [-0.4, -0.2) is 4.98 Å². The van der Waals surface area contributed by atoms with Crippen molar-refractivity contribution >= 4 is 44.3 Å². The summed E-state index contributed by atoms with van der Waals surface area (Å²) in [6.45, 7) is 0. The molecule has 0 amide bonds. The average molecular weight is 339 g/mol. The van der Waals surface area contributed by atoms with Crippen molar-refractivity contribution in [1.82, 2.24) is 4.98 Å². The van der Waals surface area contributed by atoms with Gasteiger partial charge in [0.2, 0.25) is 0 Å². The van der Waals surface area contributed by atoms with Crippen LogP contribution in [0.25, 0.3) is 32.6 Å². The van der Waals surface area contributed by atoms with Crippen molar-refractivity contribution in [2.24, 2.45) is 0 Å². The number of aromatic nitrogens is 1. The van der Waals surface area contributed by atoms with Gasteiger partial charge in [-0.15, -0.1) is 0 Å². The molecule has 5 aromatic rings. The molecule has 0 radical (unpaired) electrons. The Hall–Kier alpha value is -2.91. The molecule has 0 aliphatic carbocycles. The molecule has 2 heterocycles. The number of aromatic amines is 1. The summed E-state index contributed by atoms with van der Waals surface area (Å²) in [7, 11) is 0. The predicted octanol–water partition coefficient (Wildman–Crippen LogP) is 6.73. The van der Waals surface area contributed by atoms with Gasteiger partial charge in [-0.3, -0.25) is 0 Å². The van der Waals surface area contributed by atoms with E-state index in [0.29, 0.717) is 0 Å². The number of H-pyrrole nitrogens is 1. The minimum Gasteiger partial charge on any atom is -0.455 e. The maximum absolute atomic E-state index is 6.17. The molecule has 1 aliphatic heterocycles. The Balaban J connectivity index is 1.66. The highest BCUT2D eigenvalue weighted by Crippen LogP contribution is 2.48. The maximum atomic E-state index is 6.17. The van der Waals surface area contributed by atoms with E-state index in [9.17, 15) is 0 Å². The number of rotatable bonds is 0. The lowest BCUT2D eigenvalue weighted by molar-refractivity contribution is 0.455. The van der Waals surface area contributed by atoms with Crippen LogP contribution < -0.4 is 4.74 Å². The van der Waals surface area contributed by atoms with Crippen LogP contribution in [0.2, 0.25) is 0 Å². The zero-order valence-corrected chi connectivity index (χ0v) is 14.1. The van der Waals surface area contributed by atoms with Crippen LogP contribution in [0.5, 0.6) is 11.5 Å². The first kappa shape index (κ1) is 13.4. The Bertz CT molecular complexity index is 1300. The number of para-hydroxylation sites is 2. The third kappa shape index (κ3) is 1.87. The molecular weight excluding hydrogens is 326 g/mol. The van der Waals surface area contributed by atoms with E-state index in [1.54, 1.807) is 11.8 Å². The summed E-state index contributed by atoms with van der Waals surface area (Å²) >= 11 is 1.77. The van der Waals surface area contributed by atoms with E-state index in [1.165, 1.54) is 42.4 Å². The number of benzene rings is 4. The van der Waals surface area contributed by atoms with Crippen molar-refractivity contribution in [1.29, 1.82) is 0 Å². The highest BCUT2D eigenvalue weighted by atomic mass is 32.2. The standard InChI is InChI=1S/C22H13NOS/c1-2-6-17-14(5-1)15-10-9-13-11-21-19(12-16(13)22(15)23-17)24-18-7-3-4-8-20(18)25-21/h1-12,23H. The van der Waals surface area contributed by atoms with Crippen LogP contribution in [0, 0.1) is 0 Å². The second-order valence-electron chi connectivity index (χ2n) is 6.33. The van der Waals surface area contributed by atoms with Crippen molar-refractivity contribution < 1.29 is 4.74 Å². The van der Waals surface area contributed by atoms with Crippen molar-refractivity contribution in [3.63, 3.8) is 0 Å². The second-order valence-corrected chi connectivity index (χ2v) is 7.41. The maximum Gasteiger partial charge on any atom is 0.142 e. The Morgan fingerprint density at radius 2 is 1.56 bits per heavy atom. The fourth-order valence-corrected chi connectivity index (χ4v) is 4.65. The Morgan fingerprint density at radius 3 is 2.56 bits per heavy atom. The van der Waals surface area contributed by atoms with Gasteiger partial charge < -0.3 is 9.72 Å². The molecule has 118 valence electrons. The van der Waals surface area contributed by atoms with Crippen molar-refractivity contribution in [2.75, 3.05) is 0 Å². The summed E-state index contributed by atoms with van der Waals surface area (Å²) in [5.74, 6) is 1.87. The van der Waals surface area contributed by atoms with E-state index < -0.39 is 0 Å². The molecule has 2 nitrogen and oxygen atoms in total. The van der Waals surface area contributed by atoms with Gasteiger partial charge in [0.1, 0.15) is 11.5 Å². The van der Waals surface area contributed by atoms with E-state index in [4.69, 9.17) is 4.74 Å². The normalized spacial score (nSPS) is 13.0. The molecule has 0 unspecified atom stereocenters. The largest absolute Gasteiger partial charge is 0.455 e. The molecule has 1 aliphatic rings. The first-order chi connectivity index (χ1) is 12.4. The summed E-state index contributed by atoms with van der Waals surface area (Å²) in [5.41, 5.74) is 2.34. The van der Waals surface area contributed by atoms with Crippen molar-refractivity contribution in [3.05, 3.63) is 72.8 Å². The minimum atomic E-state index is 0.933. The van der Waals surface area contributed by atoms with Crippen molar-refractivity contribution in [3.8, 4) is 11.5 Å². The lowest BCUT2D eigenvalue weighted by atomic mass is 10.1. The number of ether oxygens (including phenoxy) is 1. The van der Waals surface area contributed by atoms with Gasteiger partial charge in [-0.05, 0) is 35.7 Å². The molecule has 4 aromatic carbocycles. The fourth-order valence-electron chi connectivity index (χ4n) is 3.67. The highest BCUT2D eigenvalue weighted by Gasteiger charge is 2.19. The molecule has 0 fully saturated rings. The van der Waals surface area contributed by atoms with Gasteiger partial charge in [-0.1, -0.05) is 54.2 Å². The molecule has 0 saturated carbocycles. The Labute approximate surface area is 148 Å². The van der Waals surface area contributed by atoms with Gasteiger partial charge in [0.25, 0.3) is 0 Å². The lowest BCUT2D eigenvalue weighted by Crippen LogP contribution is -1.94. The van der Waals surface area contributed by atoms with Crippen LogP contribution in [0.3, 0.4) is 0 Å². The molecule has 3 heteroatoms. The van der Waals surface area contributed by atoms with Crippen LogP contribution in [-0.2, 0) is 0 Å². The average Bonchev–Trinajstić information content (AvgIpc) is 3.04. The molecule has 25 heavy (non-hydrogen) atoms. The van der Waals surface area contributed by atoms with E-state index in [-0.39, 0.29) is 0 Å². The minimum absolute atomic E-state index is 0.933. The summed E-state index contributed by atoms with van der Waals surface area (Å²) in [4.78, 5) is 5.92. The molecule has 0 spiro atoms. The zero-order valence-electron chi connectivity index (χ0n) is 13.2. The third-order valence-electron chi connectivity index (χ3n) is 4.85. The van der Waals surface area contributed by atoms with E-state index >= 15 is 0 Å². The summed E-state index contributed by atoms with van der Waals surface area (Å²) in [5, 5.41) is 4.95. The fraction of sp³-hybridized carbons (Fsp3) is 0. The first-order valence-corrected chi connectivity index (χ1v) is 9.10. The Kier molecular flexibility index (Phi) is 2.57. The topological polar surface area (TPSA) is 25.0 Å². The molecule has 6 rings (SSSR count).